The van der Waals surface area contributed by atoms with Crippen molar-refractivity contribution in [1.29, 1.82) is 0 Å². The van der Waals surface area contributed by atoms with Crippen molar-refractivity contribution in [3.05, 3.63) is 53.5 Å². The zero-order chi connectivity index (χ0) is 29.4. The third-order valence-electron chi connectivity index (χ3n) is 6.57. The molecule has 1 saturated heterocycles. The Morgan fingerprint density at radius 1 is 1.40 bits per heavy atom. The van der Waals surface area contributed by atoms with Crippen molar-refractivity contribution in [2.24, 2.45) is 5.73 Å². The number of likely N-dealkylation sites (tertiary alicyclic amines) is 1. The highest BCUT2D eigenvalue weighted by atomic mass is 19.4. The summed E-state index contributed by atoms with van der Waals surface area (Å²) in [5.41, 5.74) is 5.23. The molecule has 2 aromatic heterocycles. The zero-order valence-electron chi connectivity index (χ0n) is 21.5. The lowest BCUT2D eigenvalue weighted by atomic mass is 10.1. The fourth-order valence-electron chi connectivity index (χ4n) is 4.75. The van der Waals surface area contributed by atoms with E-state index in [4.69, 9.17) is 5.73 Å². The Bertz CT molecular complexity index is 1500. The van der Waals surface area contributed by atoms with Gasteiger partial charge in [-0.05, 0) is 25.3 Å². The van der Waals surface area contributed by atoms with Crippen LogP contribution in [0, 0.1) is 23.5 Å². The molecule has 10 nitrogen and oxygen atoms in total. The summed E-state index contributed by atoms with van der Waals surface area (Å²) in [4.78, 5) is 17.5. The summed E-state index contributed by atoms with van der Waals surface area (Å²) >= 11 is 0. The lowest BCUT2D eigenvalue weighted by molar-refractivity contribution is -0.327. The van der Waals surface area contributed by atoms with Crippen LogP contribution in [0.15, 0.2) is 25.0 Å². The summed E-state index contributed by atoms with van der Waals surface area (Å²) in [6.45, 7) is 4.75. The van der Waals surface area contributed by atoms with Crippen molar-refractivity contribution >= 4 is 22.8 Å². The average molecular weight is 568 g/mol. The number of nitrogens with zero attached hydrogens (tertiary/aromatic N) is 5. The van der Waals surface area contributed by atoms with Gasteiger partial charge < -0.3 is 25.6 Å². The third kappa shape index (κ3) is 5.51. The number of halogens is 5. The molecule has 1 aliphatic rings. The fourth-order valence-corrected chi connectivity index (χ4v) is 4.75. The topological polar surface area (TPSA) is 123 Å². The van der Waals surface area contributed by atoms with Gasteiger partial charge in [0.25, 0.3) is 0 Å². The number of hydrogen-bond donors (Lipinski definition) is 3. The SMILES string of the molecule is C=CC(=O)N1C[C@@H](n2nc(C#Cc3c(F)cc4c(ncn4CC)c3F)c(C(N)O)c2NC)C[C@@H]1COC(F)(F)F. The molecule has 4 N–H and O–H groups in total. The summed E-state index contributed by atoms with van der Waals surface area (Å²) in [6, 6.07) is -0.545. The van der Waals surface area contributed by atoms with Crippen LogP contribution in [-0.4, -0.2) is 67.8 Å². The first kappa shape index (κ1) is 29.0. The average Bonchev–Trinajstić information content (AvgIpc) is 3.60. The van der Waals surface area contributed by atoms with Crippen molar-refractivity contribution in [2.45, 2.75) is 44.6 Å². The highest BCUT2D eigenvalue weighted by molar-refractivity contribution is 5.87. The van der Waals surface area contributed by atoms with E-state index in [0.29, 0.717) is 6.54 Å². The zero-order valence-corrected chi connectivity index (χ0v) is 21.5. The number of fused-ring (bicyclic) bond motifs is 1. The summed E-state index contributed by atoms with van der Waals surface area (Å²) in [7, 11) is 1.49. The number of alkyl halides is 3. The van der Waals surface area contributed by atoms with Crippen LogP contribution in [0.1, 0.15) is 42.4 Å². The molecule has 1 aromatic carbocycles. The Hall–Kier alpha value is -4.00. The monoisotopic (exact) mass is 567 g/mol. The van der Waals surface area contributed by atoms with Gasteiger partial charge in [-0.1, -0.05) is 12.5 Å². The first-order valence-corrected chi connectivity index (χ1v) is 12.1. The number of anilines is 1. The smallest absolute Gasteiger partial charge is 0.374 e. The van der Waals surface area contributed by atoms with E-state index in [9.17, 15) is 27.5 Å². The quantitative estimate of drug-likeness (QED) is 0.174. The molecular weight excluding hydrogens is 541 g/mol. The fraction of sp³-hybridized carbons (Fsp3) is 0.400. The maximum atomic E-state index is 15.1. The van der Waals surface area contributed by atoms with E-state index in [1.54, 1.807) is 11.5 Å². The molecule has 0 aliphatic carbocycles. The molecule has 15 heteroatoms. The van der Waals surface area contributed by atoms with E-state index in [2.05, 4.69) is 38.6 Å². The molecule has 3 heterocycles. The van der Waals surface area contributed by atoms with Gasteiger partial charge >= 0.3 is 6.36 Å². The molecule has 1 amide bonds. The van der Waals surface area contributed by atoms with E-state index >= 15 is 4.39 Å². The van der Waals surface area contributed by atoms with Gasteiger partial charge in [0.1, 0.15) is 29.1 Å². The highest BCUT2D eigenvalue weighted by Gasteiger charge is 2.40. The first-order valence-electron chi connectivity index (χ1n) is 12.1. The number of nitrogens with two attached hydrogens (primary N) is 1. The van der Waals surface area contributed by atoms with Crippen molar-refractivity contribution in [1.82, 2.24) is 24.2 Å². The molecule has 4 rings (SSSR count). The number of ether oxygens (including phenoxy) is 1. The normalized spacial score (nSPS) is 18.1. The van der Waals surface area contributed by atoms with Crippen LogP contribution < -0.4 is 11.1 Å². The Labute approximate surface area is 225 Å². The largest absolute Gasteiger partial charge is 0.522 e. The van der Waals surface area contributed by atoms with Gasteiger partial charge in [-0.15, -0.1) is 13.2 Å². The number of hydrogen-bond acceptors (Lipinski definition) is 7. The summed E-state index contributed by atoms with van der Waals surface area (Å²) in [6.07, 6.45) is -4.18. The number of benzene rings is 1. The number of carbonyl (C=O) groups is 1. The molecule has 0 bridgehead atoms. The second-order valence-electron chi connectivity index (χ2n) is 8.94. The van der Waals surface area contributed by atoms with Crippen molar-refractivity contribution in [3.8, 4) is 11.8 Å². The number of rotatable bonds is 7. The van der Waals surface area contributed by atoms with Crippen molar-refractivity contribution < 1.29 is 36.6 Å². The minimum absolute atomic E-state index is 0.000986. The predicted octanol–water partition coefficient (Wildman–Crippen LogP) is 2.79. The molecule has 0 saturated carbocycles. The molecule has 40 heavy (non-hydrogen) atoms. The number of aromatic nitrogens is 4. The second kappa shape index (κ2) is 11.2. The predicted molar refractivity (Wildman–Crippen MR) is 134 cm³/mol. The summed E-state index contributed by atoms with van der Waals surface area (Å²) in [5, 5.41) is 17.5. The molecule has 3 aromatic rings. The van der Waals surface area contributed by atoms with Crippen molar-refractivity contribution in [3.63, 3.8) is 0 Å². The van der Waals surface area contributed by atoms with Gasteiger partial charge in [-0.3, -0.25) is 9.53 Å². The Morgan fingerprint density at radius 3 is 2.73 bits per heavy atom. The van der Waals surface area contributed by atoms with Gasteiger partial charge in [0.05, 0.1) is 41.7 Å². The number of aryl methyl sites for hydroxylation is 1. The standard InChI is InChI=1S/C25H26F5N7O3/c1-4-19(38)36-10-13(8-14(36)11-40-25(28,29)30)37-24(32-3)20(23(31)39)17(34-37)7-6-15-16(26)9-18-22(21(15)27)33-12-35(18)5-2/h4,9,12-14,23,32,39H,1,5,8,10-11,31H2,2-3H3/t13-,14+,23?/m0/s1. The van der Waals surface area contributed by atoms with Crippen LogP contribution in [0.2, 0.25) is 0 Å². The number of aliphatic hydroxyl groups is 1. The summed E-state index contributed by atoms with van der Waals surface area (Å²) < 4.78 is 74.9. The van der Waals surface area contributed by atoms with E-state index in [0.717, 1.165) is 12.1 Å². The maximum absolute atomic E-state index is 15.1. The van der Waals surface area contributed by atoms with Crippen molar-refractivity contribution in [2.75, 3.05) is 25.5 Å². The molecule has 0 radical (unpaired) electrons. The van der Waals surface area contributed by atoms with Crippen LogP contribution >= 0.6 is 0 Å². The van der Waals surface area contributed by atoms with Crippen LogP contribution in [0.3, 0.4) is 0 Å². The molecular formula is C25H26F5N7O3. The Morgan fingerprint density at radius 2 is 2.12 bits per heavy atom. The van der Waals surface area contributed by atoms with E-state index in [1.807, 2.05) is 0 Å². The van der Waals surface area contributed by atoms with E-state index in [1.165, 1.54) is 23.0 Å². The van der Waals surface area contributed by atoms with E-state index < -0.39 is 54.4 Å². The van der Waals surface area contributed by atoms with Gasteiger partial charge in [-0.25, -0.2) is 18.4 Å². The lowest BCUT2D eigenvalue weighted by Crippen LogP contribution is -2.38. The summed E-state index contributed by atoms with van der Waals surface area (Å²) in [5.74, 6) is 2.60. The van der Waals surface area contributed by atoms with Gasteiger partial charge in [0, 0.05) is 26.2 Å². The number of carbonyl (C=O) groups excluding carboxylic acids is 1. The van der Waals surface area contributed by atoms with Crippen LogP contribution in [0.4, 0.5) is 27.8 Å². The highest BCUT2D eigenvalue weighted by Crippen LogP contribution is 2.35. The van der Waals surface area contributed by atoms with Gasteiger partial charge in [0.15, 0.2) is 5.82 Å². The van der Waals surface area contributed by atoms with Gasteiger partial charge in [-0.2, -0.15) is 5.10 Å². The number of imidazole rings is 1. The van der Waals surface area contributed by atoms with Crippen LogP contribution in [0.5, 0.6) is 0 Å². The third-order valence-corrected chi connectivity index (χ3v) is 6.57. The number of aliphatic hydroxyl groups excluding tert-OH is 1. The molecule has 1 unspecified atom stereocenters. The molecule has 0 spiro atoms. The van der Waals surface area contributed by atoms with E-state index in [-0.39, 0.29) is 41.1 Å². The Kier molecular flexibility index (Phi) is 8.15. The van der Waals surface area contributed by atoms with Crippen LogP contribution in [-0.2, 0) is 16.1 Å². The minimum atomic E-state index is -4.90. The molecule has 3 atom stereocenters. The Balaban J connectivity index is 1.74. The van der Waals surface area contributed by atoms with Gasteiger partial charge in [0.2, 0.25) is 5.91 Å². The molecule has 214 valence electrons. The number of nitrogens with one attached hydrogen (secondary N) is 1. The maximum Gasteiger partial charge on any atom is 0.522 e. The second-order valence-corrected chi connectivity index (χ2v) is 8.94. The minimum Gasteiger partial charge on any atom is -0.374 e. The molecule has 1 aliphatic heterocycles. The first-order chi connectivity index (χ1) is 18.9. The lowest BCUT2D eigenvalue weighted by Gasteiger charge is -2.23. The van der Waals surface area contributed by atoms with Crippen LogP contribution in [0.25, 0.3) is 11.0 Å². The molecule has 1 fully saturated rings. The number of amides is 1.